The van der Waals surface area contributed by atoms with Gasteiger partial charge in [-0.25, -0.2) is 0 Å². The molecule has 3 saturated heterocycles. The number of hydrogen-bond acceptors (Lipinski definition) is 21. The molecular weight excluding hydrogens is 624 g/mol. The molecule has 0 aliphatic carbocycles. The normalized spacial score (nSPS) is 45.5. The van der Waals surface area contributed by atoms with E-state index >= 15 is 0 Å². The van der Waals surface area contributed by atoms with Crippen molar-refractivity contribution in [3.8, 4) is 0 Å². The molecule has 0 aromatic heterocycles. The van der Waals surface area contributed by atoms with Gasteiger partial charge in [0, 0.05) is 0 Å². The molecule has 15 N–H and O–H groups in total. The van der Waals surface area contributed by atoms with Crippen molar-refractivity contribution in [3.05, 3.63) is 0 Å². The third kappa shape index (κ3) is 8.61. The fourth-order valence-electron chi connectivity index (χ4n) is 5.03. The molecule has 0 aromatic carbocycles. The van der Waals surface area contributed by atoms with Crippen LogP contribution >= 0.6 is 0 Å². The quantitative estimate of drug-likeness (QED) is 0.0816. The maximum Gasteiger partial charge on any atom is 0.187 e. The van der Waals surface area contributed by atoms with Gasteiger partial charge in [0.25, 0.3) is 0 Å². The first-order chi connectivity index (χ1) is 21.2. The van der Waals surface area contributed by atoms with Gasteiger partial charge in [0.05, 0.1) is 33.0 Å². The molecule has 3 fully saturated rings. The summed E-state index contributed by atoms with van der Waals surface area (Å²) in [5.41, 5.74) is 0. The van der Waals surface area contributed by atoms with Crippen molar-refractivity contribution in [1.29, 1.82) is 0 Å². The maximum atomic E-state index is 11.0. The number of aliphatic hydroxyl groups is 15. The zero-order valence-electron chi connectivity index (χ0n) is 23.7. The Balaban J connectivity index is 1.88. The van der Waals surface area contributed by atoms with Gasteiger partial charge in [0.2, 0.25) is 0 Å². The highest BCUT2D eigenvalue weighted by Gasteiger charge is 2.53. The molecule has 21 nitrogen and oxygen atoms in total. The minimum Gasteiger partial charge on any atom is -0.394 e. The second-order valence-corrected chi connectivity index (χ2v) is 10.9. The zero-order valence-corrected chi connectivity index (χ0v) is 23.7. The Hall–Kier alpha value is -0.840. The van der Waals surface area contributed by atoms with Crippen LogP contribution in [0.4, 0.5) is 0 Å². The highest BCUT2D eigenvalue weighted by molar-refractivity contribution is 4.96. The van der Waals surface area contributed by atoms with E-state index in [1.54, 1.807) is 0 Å². The highest BCUT2D eigenvalue weighted by atomic mass is 16.8. The Morgan fingerprint density at radius 1 is 0.511 bits per heavy atom. The summed E-state index contributed by atoms with van der Waals surface area (Å²) in [7, 11) is 0. The predicted octanol–water partition coefficient (Wildman–Crippen LogP) is -10.1. The second-order valence-electron chi connectivity index (χ2n) is 10.9. The smallest absolute Gasteiger partial charge is 0.187 e. The number of ether oxygens (including phenoxy) is 6. The van der Waals surface area contributed by atoms with Crippen molar-refractivity contribution >= 4 is 0 Å². The lowest BCUT2D eigenvalue weighted by molar-refractivity contribution is -0.374. The Morgan fingerprint density at radius 3 is 1.49 bits per heavy atom. The zero-order chi connectivity index (χ0) is 33.7. The average molecular weight is 669 g/mol. The van der Waals surface area contributed by atoms with Gasteiger partial charge in [-0.05, 0) is 0 Å². The van der Waals surface area contributed by atoms with E-state index in [0.717, 1.165) is 0 Å². The van der Waals surface area contributed by atoms with Gasteiger partial charge in [-0.3, -0.25) is 0 Å². The lowest BCUT2D eigenvalue weighted by atomic mass is 9.96. The maximum absolute atomic E-state index is 11.0. The highest BCUT2D eigenvalue weighted by Crippen LogP contribution is 2.32. The van der Waals surface area contributed by atoms with Crippen LogP contribution in [0.15, 0.2) is 0 Å². The van der Waals surface area contributed by atoms with Gasteiger partial charge in [-0.1, -0.05) is 0 Å². The molecule has 3 aliphatic heterocycles. The van der Waals surface area contributed by atoms with Crippen LogP contribution in [0.5, 0.6) is 0 Å². The minimum atomic E-state index is -2.13. The van der Waals surface area contributed by atoms with E-state index in [0.29, 0.717) is 0 Å². The molecule has 0 amide bonds. The summed E-state index contributed by atoms with van der Waals surface area (Å²) in [4.78, 5) is 0. The molecule has 0 radical (unpaired) electrons. The molecule has 3 aliphatic rings. The number of hydrogen-bond donors (Lipinski definition) is 15. The SMILES string of the molecule is OC[C@@H](O)[C@H](O[C@H]1O[C@H](CO[C@@H]2O[C@H](CO)[C@@H](O)[C@H](O)[C@H]2O)[C@@H](O[C@@H]2O[C@H](CO)[C@@H](O)[C@H](O)[C@H]2O)[C@H](O)[C@H]1O)[C@H](O)[C@@H](O)CO. The van der Waals surface area contributed by atoms with E-state index in [9.17, 15) is 76.6 Å². The second kappa shape index (κ2) is 17.0. The van der Waals surface area contributed by atoms with E-state index in [4.69, 9.17) is 28.4 Å². The summed E-state index contributed by atoms with van der Waals surface area (Å²) < 4.78 is 32.7. The van der Waals surface area contributed by atoms with Gasteiger partial charge in [0.15, 0.2) is 18.9 Å². The molecule has 0 saturated carbocycles. The largest absolute Gasteiger partial charge is 0.394 e. The first-order valence-corrected chi connectivity index (χ1v) is 14.0. The predicted molar refractivity (Wildman–Crippen MR) is 136 cm³/mol. The number of aliphatic hydroxyl groups excluding tert-OH is 15. The van der Waals surface area contributed by atoms with Crippen molar-refractivity contribution in [2.24, 2.45) is 0 Å². The van der Waals surface area contributed by atoms with E-state index in [-0.39, 0.29) is 0 Å². The van der Waals surface area contributed by atoms with Gasteiger partial charge in [-0.15, -0.1) is 0 Å². The molecule has 45 heavy (non-hydrogen) atoms. The third-order valence-electron chi connectivity index (χ3n) is 7.83. The topological polar surface area (TPSA) is 359 Å². The van der Waals surface area contributed by atoms with Crippen molar-refractivity contribution < 1.29 is 105 Å². The lowest BCUT2D eigenvalue weighted by Crippen LogP contribution is -2.66. The van der Waals surface area contributed by atoms with Crippen LogP contribution in [0.3, 0.4) is 0 Å². The van der Waals surface area contributed by atoms with Crippen LogP contribution in [0.1, 0.15) is 0 Å². The van der Waals surface area contributed by atoms with Crippen molar-refractivity contribution in [2.75, 3.05) is 33.0 Å². The van der Waals surface area contributed by atoms with Crippen LogP contribution in [-0.4, -0.2) is 226 Å². The summed E-state index contributed by atoms with van der Waals surface area (Å²) in [6.45, 7) is -4.50. The molecule has 19 atom stereocenters. The molecule has 3 heterocycles. The number of rotatable bonds is 14. The van der Waals surface area contributed by atoms with Gasteiger partial charge < -0.3 is 105 Å². The Morgan fingerprint density at radius 2 is 0.978 bits per heavy atom. The lowest BCUT2D eigenvalue weighted by Gasteiger charge is -2.47. The summed E-state index contributed by atoms with van der Waals surface area (Å²) >= 11 is 0. The van der Waals surface area contributed by atoms with Gasteiger partial charge in [0.1, 0.15) is 97.7 Å². The van der Waals surface area contributed by atoms with Crippen LogP contribution < -0.4 is 0 Å². The summed E-state index contributed by atoms with van der Waals surface area (Å²) in [5, 5.41) is 151. The Bertz CT molecular complexity index is 869. The van der Waals surface area contributed by atoms with Gasteiger partial charge >= 0.3 is 0 Å². The van der Waals surface area contributed by atoms with E-state index in [2.05, 4.69) is 0 Å². The molecule has 266 valence electrons. The van der Waals surface area contributed by atoms with E-state index in [1.807, 2.05) is 0 Å². The van der Waals surface area contributed by atoms with E-state index < -0.39 is 150 Å². The van der Waals surface area contributed by atoms with E-state index in [1.165, 1.54) is 0 Å². The molecule has 0 aromatic rings. The van der Waals surface area contributed by atoms with Crippen LogP contribution in [0.25, 0.3) is 0 Å². The Labute approximate surface area is 255 Å². The summed E-state index contributed by atoms with van der Waals surface area (Å²) in [6, 6.07) is 0. The minimum absolute atomic E-state index is 0.801. The van der Waals surface area contributed by atoms with Gasteiger partial charge in [-0.2, -0.15) is 0 Å². The van der Waals surface area contributed by atoms with Crippen LogP contribution in [-0.2, 0) is 28.4 Å². The molecule has 0 unspecified atom stereocenters. The standard InChI is InChI=1S/C24H44O21/c25-1-6(29)11(31)20(7(30)2-26)44-24-19(39)16(36)21(45-23-18(38)15(35)13(33)9(4-28)42-23)10(43-24)5-40-22-17(37)14(34)12(32)8(3-27)41-22/h6-39H,1-5H2/t6-,7+,8+,9+,10+,11+,12+,13+,14-,15-,16+,17+,18+,19+,20-,21+,22+,23-,24+/m0/s1. The van der Waals surface area contributed by atoms with Crippen molar-refractivity contribution in [3.63, 3.8) is 0 Å². The molecule has 21 heteroatoms. The summed E-state index contributed by atoms with van der Waals surface area (Å²) in [5.74, 6) is 0. The van der Waals surface area contributed by atoms with Crippen molar-refractivity contribution in [2.45, 2.75) is 117 Å². The molecule has 3 rings (SSSR count). The summed E-state index contributed by atoms with van der Waals surface area (Å²) in [6.07, 6.45) is -35.2. The molecule has 0 bridgehead atoms. The van der Waals surface area contributed by atoms with Crippen molar-refractivity contribution in [1.82, 2.24) is 0 Å². The first-order valence-electron chi connectivity index (χ1n) is 14.0. The molecular formula is C24H44O21. The Kier molecular flexibility index (Phi) is 14.6. The fourth-order valence-corrected chi connectivity index (χ4v) is 5.03. The first kappa shape index (κ1) is 38.6. The average Bonchev–Trinajstić information content (AvgIpc) is 3.04. The molecule has 0 spiro atoms. The monoisotopic (exact) mass is 668 g/mol. The van der Waals surface area contributed by atoms with Crippen LogP contribution in [0.2, 0.25) is 0 Å². The fraction of sp³-hybridized carbons (Fsp3) is 1.00. The third-order valence-corrected chi connectivity index (χ3v) is 7.83. The van der Waals surface area contributed by atoms with Crippen LogP contribution in [0, 0.1) is 0 Å².